The van der Waals surface area contributed by atoms with E-state index in [2.05, 4.69) is 19.2 Å². The summed E-state index contributed by atoms with van der Waals surface area (Å²) in [6.45, 7) is 5.41. The molecule has 0 fully saturated rings. The van der Waals surface area contributed by atoms with Crippen LogP contribution in [-0.4, -0.2) is 32.2 Å². The molecular weight excluding hydrogens is 228 g/mol. The molecule has 3 N–H and O–H groups in total. The van der Waals surface area contributed by atoms with Crippen molar-refractivity contribution in [2.75, 3.05) is 20.2 Å². The molecule has 0 aliphatic rings. The van der Waals surface area contributed by atoms with Crippen LogP contribution in [0.4, 0.5) is 0 Å². The molecule has 1 atom stereocenters. The van der Waals surface area contributed by atoms with Gasteiger partial charge in [0, 0.05) is 20.2 Å². The summed E-state index contributed by atoms with van der Waals surface area (Å²) in [5.74, 6) is 0.604. The minimum atomic E-state index is -0.160. The zero-order chi connectivity index (χ0) is 11.7. The number of nitrogens with two attached hydrogens (primary N) is 1. The second-order valence-corrected chi connectivity index (χ2v) is 3.78. The predicted molar refractivity (Wildman–Crippen MR) is 68.8 cm³/mol. The molecule has 4 nitrogen and oxygen atoms in total. The fourth-order valence-corrected chi connectivity index (χ4v) is 1.38. The molecule has 0 aliphatic heterocycles. The molecule has 0 aromatic carbocycles. The zero-order valence-electron chi connectivity index (χ0n) is 10.5. The van der Waals surface area contributed by atoms with Gasteiger partial charge in [-0.2, -0.15) is 0 Å². The van der Waals surface area contributed by atoms with Gasteiger partial charge in [0.15, 0.2) is 0 Å². The van der Waals surface area contributed by atoms with Crippen molar-refractivity contribution in [3.05, 3.63) is 0 Å². The van der Waals surface area contributed by atoms with E-state index in [1.165, 1.54) is 0 Å². The molecule has 0 saturated carbocycles. The van der Waals surface area contributed by atoms with Gasteiger partial charge in [-0.05, 0) is 5.92 Å². The highest BCUT2D eigenvalue weighted by Gasteiger charge is 2.12. The molecule has 1 amide bonds. The standard InChI is InChI=1S/C11H24N2O2.ClH/c1-4-9(5-2)8-13-11(14)6-10(7-12)15-3;/h9-10H,4-8,12H2,1-3H3,(H,13,14);1H. The first-order valence-electron chi connectivity index (χ1n) is 5.67. The molecule has 0 rings (SSSR count). The van der Waals surface area contributed by atoms with Gasteiger partial charge in [0.05, 0.1) is 12.5 Å². The van der Waals surface area contributed by atoms with E-state index in [1.807, 2.05) is 0 Å². The van der Waals surface area contributed by atoms with Gasteiger partial charge in [-0.25, -0.2) is 0 Å². The van der Waals surface area contributed by atoms with Gasteiger partial charge >= 0.3 is 0 Å². The number of carbonyl (C=O) groups excluding carboxylic acids is 1. The highest BCUT2D eigenvalue weighted by atomic mass is 35.5. The molecule has 0 heterocycles. The first kappa shape index (κ1) is 18.1. The van der Waals surface area contributed by atoms with Crippen molar-refractivity contribution in [1.82, 2.24) is 5.32 Å². The number of halogens is 1. The smallest absolute Gasteiger partial charge is 0.222 e. The van der Waals surface area contributed by atoms with E-state index in [1.54, 1.807) is 7.11 Å². The lowest BCUT2D eigenvalue weighted by molar-refractivity contribution is -0.123. The summed E-state index contributed by atoms with van der Waals surface area (Å²) >= 11 is 0. The third kappa shape index (κ3) is 7.91. The number of ether oxygens (including phenoxy) is 1. The van der Waals surface area contributed by atoms with Gasteiger partial charge in [-0.3, -0.25) is 4.79 Å². The number of methoxy groups -OCH3 is 1. The van der Waals surface area contributed by atoms with Crippen molar-refractivity contribution < 1.29 is 9.53 Å². The number of rotatable bonds is 8. The zero-order valence-corrected chi connectivity index (χ0v) is 11.3. The van der Waals surface area contributed by atoms with Crippen molar-refractivity contribution in [3.8, 4) is 0 Å². The van der Waals surface area contributed by atoms with Gasteiger partial charge in [0.25, 0.3) is 0 Å². The Hall–Kier alpha value is -0.320. The van der Waals surface area contributed by atoms with Crippen molar-refractivity contribution in [2.45, 2.75) is 39.2 Å². The summed E-state index contributed by atoms with van der Waals surface area (Å²) in [6, 6.07) is 0. The maximum atomic E-state index is 11.5. The summed E-state index contributed by atoms with van der Waals surface area (Å²) in [5, 5.41) is 2.91. The Morgan fingerprint density at radius 2 is 1.94 bits per heavy atom. The van der Waals surface area contributed by atoms with E-state index in [0.717, 1.165) is 19.4 Å². The highest BCUT2D eigenvalue weighted by molar-refractivity contribution is 5.85. The molecule has 0 bridgehead atoms. The molecule has 5 heteroatoms. The molecule has 0 radical (unpaired) electrons. The minimum absolute atomic E-state index is 0. The average molecular weight is 253 g/mol. The molecule has 0 spiro atoms. The molecule has 0 aromatic heterocycles. The lowest BCUT2D eigenvalue weighted by atomic mass is 10.0. The lowest BCUT2D eigenvalue weighted by Gasteiger charge is -2.15. The summed E-state index contributed by atoms with van der Waals surface area (Å²) in [6.07, 6.45) is 2.39. The minimum Gasteiger partial charge on any atom is -0.380 e. The maximum Gasteiger partial charge on any atom is 0.222 e. The third-order valence-corrected chi connectivity index (χ3v) is 2.75. The topological polar surface area (TPSA) is 64.4 Å². The van der Waals surface area contributed by atoms with E-state index in [-0.39, 0.29) is 24.4 Å². The Bertz CT molecular complexity index is 171. The van der Waals surface area contributed by atoms with E-state index in [4.69, 9.17) is 10.5 Å². The summed E-state index contributed by atoms with van der Waals surface area (Å²) < 4.78 is 5.04. The second-order valence-electron chi connectivity index (χ2n) is 3.78. The van der Waals surface area contributed by atoms with Crippen LogP contribution in [0.2, 0.25) is 0 Å². The number of carbonyl (C=O) groups is 1. The van der Waals surface area contributed by atoms with Crippen molar-refractivity contribution in [2.24, 2.45) is 11.7 Å². The van der Waals surface area contributed by atoms with Gasteiger partial charge in [-0.15, -0.1) is 12.4 Å². The molecule has 0 saturated heterocycles. The summed E-state index contributed by atoms with van der Waals surface area (Å²) in [7, 11) is 1.58. The monoisotopic (exact) mass is 252 g/mol. The fourth-order valence-electron chi connectivity index (χ4n) is 1.38. The highest BCUT2D eigenvalue weighted by Crippen LogP contribution is 2.05. The van der Waals surface area contributed by atoms with Crippen LogP contribution in [-0.2, 0) is 9.53 Å². The van der Waals surface area contributed by atoms with Crippen molar-refractivity contribution >= 4 is 18.3 Å². The van der Waals surface area contributed by atoms with E-state index in [0.29, 0.717) is 18.9 Å². The Kier molecular flexibility index (Phi) is 12.6. The van der Waals surface area contributed by atoms with Crippen LogP contribution in [0.5, 0.6) is 0 Å². The fraction of sp³-hybridized carbons (Fsp3) is 0.909. The number of hydrogen-bond acceptors (Lipinski definition) is 3. The first-order chi connectivity index (χ1) is 7.17. The Morgan fingerprint density at radius 1 is 1.38 bits per heavy atom. The first-order valence-corrected chi connectivity index (χ1v) is 5.67. The Morgan fingerprint density at radius 3 is 2.31 bits per heavy atom. The predicted octanol–water partition coefficient (Wildman–Crippen LogP) is 1.32. The van der Waals surface area contributed by atoms with Crippen LogP contribution in [0.25, 0.3) is 0 Å². The number of hydrogen-bond donors (Lipinski definition) is 2. The van der Waals surface area contributed by atoms with Crippen LogP contribution in [0.3, 0.4) is 0 Å². The van der Waals surface area contributed by atoms with Crippen LogP contribution in [0.15, 0.2) is 0 Å². The van der Waals surface area contributed by atoms with Gasteiger partial charge in [0.2, 0.25) is 5.91 Å². The quantitative estimate of drug-likeness (QED) is 0.685. The lowest BCUT2D eigenvalue weighted by Crippen LogP contribution is -2.34. The van der Waals surface area contributed by atoms with Crippen molar-refractivity contribution in [3.63, 3.8) is 0 Å². The largest absolute Gasteiger partial charge is 0.380 e. The molecule has 0 aromatic rings. The van der Waals surface area contributed by atoms with Crippen LogP contribution in [0, 0.1) is 5.92 Å². The van der Waals surface area contributed by atoms with E-state index >= 15 is 0 Å². The summed E-state index contributed by atoms with van der Waals surface area (Å²) in [5.41, 5.74) is 5.43. The number of nitrogens with one attached hydrogen (secondary N) is 1. The Labute approximate surface area is 105 Å². The third-order valence-electron chi connectivity index (χ3n) is 2.75. The van der Waals surface area contributed by atoms with Crippen molar-refractivity contribution in [1.29, 1.82) is 0 Å². The summed E-state index contributed by atoms with van der Waals surface area (Å²) in [4.78, 5) is 11.5. The SMILES string of the molecule is CCC(CC)CNC(=O)CC(CN)OC.Cl. The van der Waals surface area contributed by atoms with Crippen LogP contribution >= 0.6 is 12.4 Å². The molecule has 98 valence electrons. The second kappa shape index (κ2) is 11.2. The molecule has 0 aliphatic carbocycles. The van der Waals surface area contributed by atoms with Gasteiger partial charge < -0.3 is 15.8 Å². The molecular formula is C11H25ClN2O2. The average Bonchev–Trinajstić information content (AvgIpc) is 2.27. The van der Waals surface area contributed by atoms with Crippen LogP contribution in [0.1, 0.15) is 33.1 Å². The molecule has 16 heavy (non-hydrogen) atoms. The van der Waals surface area contributed by atoms with E-state index in [9.17, 15) is 4.79 Å². The van der Waals surface area contributed by atoms with Gasteiger partial charge in [-0.1, -0.05) is 26.7 Å². The number of amides is 1. The Balaban J connectivity index is 0. The maximum absolute atomic E-state index is 11.5. The van der Waals surface area contributed by atoms with Crippen LogP contribution < -0.4 is 11.1 Å². The van der Waals surface area contributed by atoms with Gasteiger partial charge in [0.1, 0.15) is 0 Å². The normalized spacial score (nSPS) is 12.1. The molecule has 1 unspecified atom stereocenters. The van der Waals surface area contributed by atoms with E-state index < -0.39 is 0 Å².